The van der Waals surface area contributed by atoms with E-state index in [9.17, 15) is 0 Å². The molecule has 0 amide bonds. The van der Waals surface area contributed by atoms with Gasteiger partial charge >= 0.3 is 6.85 Å². The lowest BCUT2D eigenvalue weighted by atomic mass is 9.43. The molecule has 2 heterocycles. The molecule has 148 valence electrons. The molecule has 0 fully saturated rings. The van der Waals surface area contributed by atoms with E-state index in [1.807, 2.05) is 0 Å². The summed E-state index contributed by atoms with van der Waals surface area (Å²) in [6.45, 7) is 0.148. The van der Waals surface area contributed by atoms with Crippen LogP contribution in [0, 0.1) is 0 Å². The van der Waals surface area contributed by atoms with Gasteiger partial charge in [-0.05, 0) is 45.3 Å². The third-order valence-electron chi connectivity index (χ3n) is 6.87. The number of para-hydroxylation sites is 2. The van der Waals surface area contributed by atoms with Gasteiger partial charge in [-0.3, -0.25) is 0 Å². The van der Waals surface area contributed by atoms with Gasteiger partial charge in [0, 0.05) is 22.5 Å². The molecule has 0 aliphatic carbocycles. The summed E-state index contributed by atoms with van der Waals surface area (Å²) in [7, 11) is 0. The number of rotatable bonds is 1. The Morgan fingerprint density at radius 1 is 0.406 bits per heavy atom. The van der Waals surface area contributed by atoms with Crippen molar-refractivity contribution in [1.82, 2.24) is 0 Å². The Bertz CT molecular complexity index is 1490. The number of fused-ring (bicyclic) bond motifs is 11. The maximum absolute atomic E-state index is 2.55. The molecule has 2 heteroatoms. The fraction of sp³-hybridized carbons (Fsp3) is 0. The van der Waals surface area contributed by atoms with Gasteiger partial charge in [0.15, 0.2) is 0 Å². The van der Waals surface area contributed by atoms with Gasteiger partial charge in [0.25, 0.3) is 0 Å². The van der Waals surface area contributed by atoms with Crippen molar-refractivity contribution in [3.05, 3.63) is 121 Å². The van der Waals surface area contributed by atoms with Gasteiger partial charge in [0.05, 0.1) is 0 Å². The Morgan fingerprint density at radius 2 is 0.969 bits per heavy atom. The summed E-state index contributed by atoms with van der Waals surface area (Å²) in [6.07, 6.45) is 0. The third kappa shape index (κ3) is 2.41. The van der Waals surface area contributed by atoms with Crippen LogP contribution in [-0.2, 0) is 0 Å². The number of hydrogen-bond donors (Lipinski definition) is 0. The average Bonchev–Trinajstić information content (AvgIpc) is 2.88. The summed E-state index contributed by atoms with van der Waals surface area (Å²) in [5, 5.41) is 0. The minimum Gasteiger partial charge on any atom is -0.376 e. The van der Waals surface area contributed by atoms with Crippen molar-refractivity contribution in [1.29, 1.82) is 0 Å². The van der Waals surface area contributed by atoms with Gasteiger partial charge in [-0.2, -0.15) is 0 Å². The summed E-state index contributed by atoms with van der Waals surface area (Å²) in [4.78, 5) is 2.55. The maximum atomic E-state index is 2.55. The molecular weight excluding hydrogens is 385 g/mol. The third-order valence-corrected chi connectivity index (χ3v) is 6.87. The molecule has 0 aromatic heterocycles. The fourth-order valence-electron chi connectivity index (χ4n) is 5.50. The second-order valence-corrected chi connectivity index (χ2v) is 8.56. The molecule has 0 spiro atoms. The minimum absolute atomic E-state index is 0.148. The van der Waals surface area contributed by atoms with Crippen LogP contribution in [-0.4, -0.2) is 6.85 Å². The lowest BCUT2D eigenvalue weighted by Gasteiger charge is -2.43. The van der Waals surface area contributed by atoms with Gasteiger partial charge in [0.2, 0.25) is 0 Å². The number of benzene rings is 5. The minimum atomic E-state index is 0.148. The van der Waals surface area contributed by atoms with Gasteiger partial charge in [-0.15, -0.1) is 0 Å². The molecule has 32 heavy (non-hydrogen) atoms. The highest BCUT2D eigenvalue weighted by Gasteiger charge is 2.41. The first-order valence-corrected chi connectivity index (χ1v) is 11.2. The van der Waals surface area contributed by atoms with Crippen molar-refractivity contribution in [2.24, 2.45) is 0 Å². The van der Waals surface area contributed by atoms with E-state index in [-0.39, 0.29) is 6.85 Å². The zero-order chi connectivity index (χ0) is 21.1. The monoisotopic (exact) mass is 405 g/mol. The molecule has 1 nitrogen and oxygen atoms in total. The summed E-state index contributed by atoms with van der Waals surface area (Å²) >= 11 is 0. The van der Waals surface area contributed by atoms with Crippen LogP contribution in [0.2, 0.25) is 0 Å². The summed E-state index contributed by atoms with van der Waals surface area (Å²) in [5.74, 6) is 0. The van der Waals surface area contributed by atoms with Crippen molar-refractivity contribution in [3.8, 4) is 33.4 Å². The summed E-state index contributed by atoms with van der Waals surface area (Å²) < 4.78 is 0. The van der Waals surface area contributed by atoms with Gasteiger partial charge in [0.1, 0.15) is 0 Å². The van der Waals surface area contributed by atoms with Crippen molar-refractivity contribution in [2.45, 2.75) is 0 Å². The molecule has 0 saturated carbocycles. The normalized spacial score (nSPS) is 12.9. The van der Waals surface area contributed by atoms with E-state index in [2.05, 4.69) is 126 Å². The smallest absolute Gasteiger partial charge is 0.329 e. The standard InChI is InChI=1S/C30H20BN/c1-2-10-21(11-3-1)22-18-19-24-26-14-6-9-17-30(26)32-29-16-8-5-13-25(29)23-12-4-7-15-27(23)31(32)28(24)20-22/h1-20H. The molecule has 2 aliphatic rings. The van der Waals surface area contributed by atoms with Crippen LogP contribution in [0.3, 0.4) is 0 Å². The van der Waals surface area contributed by atoms with Crippen LogP contribution in [0.1, 0.15) is 0 Å². The number of anilines is 2. The second-order valence-electron chi connectivity index (χ2n) is 8.56. The Hall–Kier alpha value is -4.04. The Kier molecular flexibility index (Phi) is 3.71. The summed E-state index contributed by atoms with van der Waals surface area (Å²) in [6, 6.07) is 44.2. The van der Waals surface area contributed by atoms with E-state index < -0.39 is 0 Å². The van der Waals surface area contributed by atoms with Crippen molar-refractivity contribution in [3.63, 3.8) is 0 Å². The Labute approximate surface area is 188 Å². The highest BCUT2D eigenvalue weighted by Crippen LogP contribution is 2.45. The van der Waals surface area contributed by atoms with E-state index in [0.29, 0.717) is 0 Å². The van der Waals surface area contributed by atoms with Crippen molar-refractivity contribution < 1.29 is 0 Å². The van der Waals surface area contributed by atoms with Crippen molar-refractivity contribution in [2.75, 3.05) is 4.81 Å². The van der Waals surface area contributed by atoms with Gasteiger partial charge in [-0.1, -0.05) is 109 Å². The first-order chi connectivity index (χ1) is 15.9. The lowest BCUT2D eigenvalue weighted by molar-refractivity contribution is 1.35. The SMILES string of the molecule is c1ccc(-c2ccc3c(c2)B2c4ccccc4-c4ccccc4N2c2ccccc2-3)cc1. The zero-order valence-electron chi connectivity index (χ0n) is 17.6. The molecule has 2 aliphatic heterocycles. The predicted molar refractivity (Wildman–Crippen MR) is 136 cm³/mol. The van der Waals surface area contributed by atoms with E-state index in [4.69, 9.17) is 0 Å². The van der Waals surface area contributed by atoms with Crippen molar-refractivity contribution >= 4 is 29.1 Å². The highest BCUT2D eigenvalue weighted by molar-refractivity contribution is 6.92. The molecule has 0 atom stereocenters. The number of hydrogen-bond acceptors (Lipinski definition) is 1. The lowest BCUT2D eigenvalue weighted by Crippen LogP contribution is -2.59. The second kappa shape index (κ2) is 6.73. The molecule has 0 bridgehead atoms. The van der Waals surface area contributed by atoms with Gasteiger partial charge in [-0.25, -0.2) is 0 Å². The van der Waals surface area contributed by atoms with Crippen LogP contribution < -0.4 is 15.7 Å². The highest BCUT2D eigenvalue weighted by atomic mass is 15.1. The molecule has 5 aromatic rings. The maximum Gasteiger partial charge on any atom is 0.329 e. The Balaban J connectivity index is 1.57. The first-order valence-electron chi connectivity index (χ1n) is 11.2. The van der Waals surface area contributed by atoms with Crippen LogP contribution in [0.5, 0.6) is 0 Å². The molecule has 0 N–H and O–H groups in total. The van der Waals surface area contributed by atoms with Crippen LogP contribution >= 0.6 is 0 Å². The largest absolute Gasteiger partial charge is 0.376 e. The quantitative estimate of drug-likeness (QED) is 0.298. The van der Waals surface area contributed by atoms with E-state index in [1.54, 1.807) is 0 Å². The first kappa shape index (κ1) is 17.6. The van der Waals surface area contributed by atoms with Crippen LogP contribution in [0.25, 0.3) is 33.4 Å². The topological polar surface area (TPSA) is 3.24 Å². The van der Waals surface area contributed by atoms with E-state index in [1.165, 1.54) is 55.7 Å². The predicted octanol–water partition coefficient (Wildman–Crippen LogP) is 6.26. The zero-order valence-corrected chi connectivity index (χ0v) is 17.6. The molecule has 5 aromatic carbocycles. The Morgan fingerprint density at radius 3 is 1.69 bits per heavy atom. The van der Waals surface area contributed by atoms with Crippen LogP contribution in [0.15, 0.2) is 121 Å². The molecule has 0 radical (unpaired) electrons. The van der Waals surface area contributed by atoms with E-state index >= 15 is 0 Å². The summed E-state index contributed by atoms with van der Waals surface area (Å²) in [5.41, 5.74) is 13.1. The molecular formula is C30H20BN. The van der Waals surface area contributed by atoms with Gasteiger partial charge < -0.3 is 4.81 Å². The fourth-order valence-corrected chi connectivity index (χ4v) is 5.50. The van der Waals surface area contributed by atoms with E-state index in [0.717, 1.165) is 0 Å². The van der Waals surface area contributed by atoms with Crippen LogP contribution in [0.4, 0.5) is 11.4 Å². The number of nitrogens with zero attached hydrogens (tertiary/aromatic N) is 1. The average molecular weight is 405 g/mol. The molecule has 0 saturated heterocycles. The molecule has 0 unspecified atom stereocenters. The molecule has 7 rings (SSSR count).